The summed E-state index contributed by atoms with van der Waals surface area (Å²) in [6.45, 7) is 26.5. The number of ether oxygens (including phenoxy) is 3. The molecule has 0 aromatic carbocycles. The molecule has 51 heavy (non-hydrogen) atoms. The number of ketones is 1. The van der Waals surface area contributed by atoms with Crippen LogP contribution in [0.2, 0.25) is 0 Å². The second-order valence-electron chi connectivity index (χ2n) is 14.0. The molecule has 292 valence electrons. The number of piperazine rings is 2. The summed E-state index contributed by atoms with van der Waals surface area (Å²) < 4.78 is 17.0. The van der Waals surface area contributed by atoms with Gasteiger partial charge in [-0.25, -0.2) is 4.79 Å². The number of rotatable bonds is 24. The van der Waals surface area contributed by atoms with Crippen molar-refractivity contribution in [3.63, 3.8) is 0 Å². The van der Waals surface area contributed by atoms with Crippen LogP contribution >= 0.6 is 0 Å². The summed E-state index contributed by atoms with van der Waals surface area (Å²) in [5.74, 6) is -0.777. The average Bonchev–Trinajstić information content (AvgIpc) is 3.14. The lowest BCUT2D eigenvalue weighted by Crippen LogP contribution is -2.45. The second-order valence-corrected chi connectivity index (χ2v) is 14.0. The number of nitrogens with zero attached hydrogens (tertiary/aromatic N) is 6. The first-order valence-electron chi connectivity index (χ1n) is 18.5. The molecule has 2 saturated heterocycles. The maximum atomic E-state index is 12.7. The number of esters is 2. The molecule has 2 aliphatic heterocycles. The van der Waals surface area contributed by atoms with Crippen LogP contribution in [0.25, 0.3) is 0 Å². The van der Waals surface area contributed by atoms with Crippen LogP contribution in [0.15, 0.2) is 38.0 Å². The molecule has 13 nitrogen and oxygen atoms in total. The van der Waals surface area contributed by atoms with Gasteiger partial charge in [0, 0.05) is 77.9 Å². The second kappa shape index (κ2) is 26.8. The number of carbonyl (C=O) groups excluding carboxylic acids is 3. The van der Waals surface area contributed by atoms with Crippen LogP contribution in [0.4, 0.5) is 0 Å². The van der Waals surface area contributed by atoms with Crippen molar-refractivity contribution in [3.8, 4) is 0 Å². The molecule has 0 aromatic heterocycles. The molecule has 0 saturated carbocycles. The maximum Gasteiger partial charge on any atom is 0.330 e. The minimum atomic E-state index is -0.747. The van der Waals surface area contributed by atoms with Crippen LogP contribution in [0.3, 0.4) is 0 Å². The third kappa shape index (κ3) is 21.9. The van der Waals surface area contributed by atoms with Crippen molar-refractivity contribution in [2.45, 2.75) is 39.0 Å². The lowest BCUT2D eigenvalue weighted by molar-refractivity contribution is -0.154. The van der Waals surface area contributed by atoms with E-state index in [-0.39, 0.29) is 43.9 Å². The van der Waals surface area contributed by atoms with Gasteiger partial charge < -0.3 is 43.6 Å². The Labute approximate surface area is 308 Å². The summed E-state index contributed by atoms with van der Waals surface area (Å²) in [6.07, 6.45) is 7.04. The molecule has 0 bridgehead atoms. The Hall–Kier alpha value is -2.94. The van der Waals surface area contributed by atoms with Crippen LogP contribution in [-0.4, -0.2) is 193 Å². The molecular weight excluding hydrogens is 650 g/mol. The summed E-state index contributed by atoms with van der Waals surface area (Å²) in [6, 6.07) is 0. The van der Waals surface area contributed by atoms with Crippen LogP contribution in [0.5, 0.6) is 0 Å². The minimum Gasteiger partial charge on any atom is -0.480 e. The first kappa shape index (κ1) is 46.1. The van der Waals surface area contributed by atoms with Gasteiger partial charge in [-0.3, -0.25) is 15.0 Å². The van der Waals surface area contributed by atoms with E-state index < -0.39 is 11.4 Å². The molecule has 2 rings (SSSR count). The van der Waals surface area contributed by atoms with Gasteiger partial charge in [0.15, 0.2) is 11.7 Å². The Balaban J connectivity index is 0.00000198. The van der Waals surface area contributed by atoms with Crippen molar-refractivity contribution in [1.29, 1.82) is 5.41 Å². The van der Waals surface area contributed by atoms with E-state index in [0.717, 1.165) is 104 Å². The Morgan fingerprint density at radius 2 is 1.14 bits per heavy atom. The monoisotopic (exact) mass is 720 g/mol. The van der Waals surface area contributed by atoms with Gasteiger partial charge in [-0.2, -0.15) is 0 Å². The molecule has 13 heteroatoms. The first-order chi connectivity index (χ1) is 24.3. The molecule has 2 aliphatic rings. The van der Waals surface area contributed by atoms with Crippen molar-refractivity contribution >= 4 is 23.6 Å². The highest BCUT2D eigenvalue weighted by Crippen LogP contribution is 2.25. The topological polar surface area (TPSA) is 122 Å². The van der Waals surface area contributed by atoms with Crippen molar-refractivity contribution in [2.24, 2.45) is 5.41 Å². The van der Waals surface area contributed by atoms with E-state index in [1.54, 1.807) is 0 Å². The Morgan fingerprint density at radius 3 is 1.57 bits per heavy atom. The number of carbonyl (C=O) groups is 3. The molecule has 0 aliphatic carbocycles. The fraction of sp³-hybridized carbons (Fsp3) is 0.737. The molecule has 1 atom stereocenters. The smallest absolute Gasteiger partial charge is 0.330 e. The van der Waals surface area contributed by atoms with Gasteiger partial charge in [0.2, 0.25) is 0 Å². The van der Waals surface area contributed by atoms with Crippen LogP contribution in [0, 0.1) is 10.8 Å². The van der Waals surface area contributed by atoms with Crippen molar-refractivity contribution in [2.75, 3.05) is 140 Å². The number of hydrogen-bond donors (Lipinski definition) is 1. The minimum absolute atomic E-state index is 0.0211. The van der Waals surface area contributed by atoms with E-state index in [0.29, 0.717) is 19.4 Å². The van der Waals surface area contributed by atoms with Gasteiger partial charge in [0.25, 0.3) is 0 Å². The third-order valence-electron chi connectivity index (χ3n) is 9.57. The highest BCUT2D eigenvalue weighted by Gasteiger charge is 2.34. The van der Waals surface area contributed by atoms with E-state index in [1.807, 2.05) is 14.0 Å². The van der Waals surface area contributed by atoms with E-state index in [1.165, 1.54) is 12.2 Å². The van der Waals surface area contributed by atoms with Crippen molar-refractivity contribution < 1.29 is 28.6 Å². The SMILES string of the molecule is C=CC(=O)C=C.C=CC(=O)OCC(CC)(COC(=N)CCN(C)CCCN1CCN(C)CC1)COC(=O)CCN(C)CCCN1CCN(C)CC1. The van der Waals surface area contributed by atoms with E-state index in [9.17, 15) is 14.4 Å². The predicted octanol–water partition coefficient (Wildman–Crippen LogP) is 2.50. The molecule has 1 N–H and O–H groups in total. The van der Waals surface area contributed by atoms with Gasteiger partial charge in [-0.05, 0) is 85.8 Å². The Morgan fingerprint density at radius 1 is 0.686 bits per heavy atom. The fourth-order valence-electron chi connectivity index (χ4n) is 5.49. The quantitative estimate of drug-likeness (QED) is 0.0683. The van der Waals surface area contributed by atoms with Gasteiger partial charge in [0.05, 0.1) is 11.8 Å². The molecule has 0 radical (unpaired) electrons. The predicted molar refractivity (Wildman–Crippen MR) is 205 cm³/mol. The number of allylic oxidation sites excluding steroid dienone is 2. The summed E-state index contributed by atoms with van der Waals surface area (Å²) in [5, 5.41) is 8.40. The standard InChI is InChI=1S/C33H63N7O5.C5H6O/c1-7-31(41)44-28-33(8-2,27-43-30(34)11-17-35(3)13-9-15-39-23-19-37(5)20-24-39)29-45-32(42)12-18-36(4)14-10-16-40-25-21-38(6)22-26-40;1-3-5(6)4-2/h7,34H,1,8-29H2,2-6H3;3-4H,1-2H2. The number of likely N-dealkylation sites (N-methyl/N-ethyl adjacent to an activating group) is 2. The van der Waals surface area contributed by atoms with E-state index in [4.69, 9.17) is 19.6 Å². The molecule has 1 unspecified atom stereocenters. The normalized spacial score (nSPS) is 17.2. The lowest BCUT2D eigenvalue weighted by Gasteiger charge is -2.32. The van der Waals surface area contributed by atoms with Gasteiger partial charge in [-0.15, -0.1) is 0 Å². The highest BCUT2D eigenvalue weighted by atomic mass is 16.6. The first-order valence-corrected chi connectivity index (χ1v) is 18.5. The maximum absolute atomic E-state index is 12.7. The zero-order chi connectivity index (χ0) is 38.1. The molecule has 0 spiro atoms. The summed E-state index contributed by atoms with van der Waals surface area (Å²) in [5.41, 5.74) is -0.747. The largest absolute Gasteiger partial charge is 0.480 e. The number of hydrogen-bond acceptors (Lipinski definition) is 13. The fourth-order valence-corrected chi connectivity index (χ4v) is 5.49. The molecule has 0 aromatic rings. The number of nitrogens with one attached hydrogen (secondary N) is 1. The Kier molecular flexibility index (Phi) is 24.2. The van der Waals surface area contributed by atoms with Gasteiger partial charge >= 0.3 is 11.9 Å². The average molecular weight is 720 g/mol. The zero-order valence-electron chi connectivity index (χ0n) is 32.5. The van der Waals surface area contributed by atoms with Crippen LogP contribution in [0.1, 0.15) is 39.0 Å². The summed E-state index contributed by atoms with van der Waals surface area (Å²) in [7, 11) is 8.45. The van der Waals surface area contributed by atoms with Crippen molar-refractivity contribution in [3.05, 3.63) is 38.0 Å². The summed E-state index contributed by atoms with van der Waals surface area (Å²) >= 11 is 0. The zero-order valence-corrected chi connectivity index (χ0v) is 32.5. The Bertz CT molecular complexity index is 993. The summed E-state index contributed by atoms with van der Waals surface area (Å²) in [4.78, 5) is 48.6. The molecule has 0 amide bonds. The lowest BCUT2D eigenvalue weighted by atomic mass is 9.88. The third-order valence-corrected chi connectivity index (χ3v) is 9.57. The highest BCUT2D eigenvalue weighted by molar-refractivity contribution is 5.98. The van der Waals surface area contributed by atoms with Crippen LogP contribution < -0.4 is 0 Å². The molecular formula is C38H69N7O6. The van der Waals surface area contributed by atoms with Gasteiger partial charge in [-0.1, -0.05) is 26.7 Å². The molecule has 2 heterocycles. The van der Waals surface area contributed by atoms with Crippen LogP contribution in [-0.2, 0) is 28.6 Å². The van der Waals surface area contributed by atoms with Gasteiger partial charge in [0.1, 0.15) is 19.8 Å². The van der Waals surface area contributed by atoms with Crippen molar-refractivity contribution in [1.82, 2.24) is 29.4 Å². The van der Waals surface area contributed by atoms with E-state index >= 15 is 0 Å². The molecule has 2 fully saturated rings. The van der Waals surface area contributed by atoms with E-state index in [2.05, 4.69) is 70.3 Å².